The van der Waals surface area contributed by atoms with Gasteiger partial charge in [0, 0.05) is 18.0 Å². The van der Waals surface area contributed by atoms with Crippen LogP contribution in [-0.2, 0) is 4.79 Å². The van der Waals surface area contributed by atoms with Crippen LogP contribution in [0.1, 0.15) is 58.8 Å². The maximum absolute atomic E-state index is 12.4. The average molecular weight is 301 g/mol. The van der Waals surface area contributed by atoms with Crippen LogP contribution in [0.5, 0.6) is 0 Å². The predicted octanol–water partition coefficient (Wildman–Crippen LogP) is 2.87. The van der Waals surface area contributed by atoms with Gasteiger partial charge in [-0.1, -0.05) is 20.3 Å². The Morgan fingerprint density at radius 1 is 1.30 bits per heavy atom. The maximum atomic E-state index is 12.4. The molecule has 0 aromatic rings. The van der Waals surface area contributed by atoms with Gasteiger partial charge in [0.25, 0.3) is 0 Å². The molecular formula is C16H29ClN2O. The summed E-state index contributed by atoms with van der Waals surface area (Å²) in [6.07, 6.45) is 8.25. The van der Waals surface area contributed by atoms with Gasteiger partial charge >= 0.3 is 0 Å². The molecule has 3 saturated carbocycles. The lowest BCUT2D eigenvalue weighted by Crippen LogP contribution is -2.54. The van der Waals surface area contributed by atoms with E-state index in [1.54, 1.807) is 0 Å². The summed E-state index contributed by atoms with van der Waals surface area (Å²) in [6, 6.07) is 0.785. The fraction of sp³-hybridized carbons (Fsp3) is 0.938. The summed E-state index contributed by atoms with van der Waals surface area (Å²) in [6.45, 7) is 4.44. The normalized spacial score (nSPS) is 46.2. The Bertz CT molecular complexity index is 361. The zero-order chi connectivity index (χ0) is 13.6. The number of halogens is 1. The zero-order valence-corrected chi connectivity index (χ0v) is 13.5. The Labute approximate surface area is 128 Å². The summed E-state index contributed by atoms with van der Waals surface area (Å²) in [5.74, 6) is 1.87. The van der Waals surface area contributed by atoms with Crippen LogP contribution in [0, 0.1) is 23.2 Å². The first-order chi connectivity index (χ1) is 9.03. The van der Waals surface area contributed by atoms with Crippen LogP contribution in [0.2, 0.25) is 0 Å². The second kappa shape index (κ2) is 5.84. The number of hydrogen-bond acceptors (Lipinski definition) is 2. The highest BCUT2D eigenvalue weighted by molar-refractivity contribution is 5.85. The third kappa shape index (κ3) is 2.85. The predicted molar refractivity (Wildman–Crippen MR) is 83.7 cm³/mol. The van der Waals surface area contributed by atoms with E-state index in [0.29, 0.717) is 29.8 Å². The highest BCUT2D eigenvalue weighted by atomic mass is 35.5. The summed E-state index contributed by atoms with van der Waals surface area (Å²) in [5.41, 5.74) is 6.42. The van der Waals surface area contributed by atoms with Crippen molar-refractivity contribution in [2.45, 2.75) is 70.9 Å². The van der Waals surface area contributed by atoms with Crippen LogP contribution in [-0.4, -0.2) is 18.0 Å². The van der Waals surface area contributed by atoms with Crippen LogP contribution >= 0.6 is 12.4 Å². The van der Waals surface area contributed by atoms with E-state index in [-0.39, 0.29) is 23.7 Å². The number of fused-ring (bicyclic) bond motifs is 2. The van der Waals surface area contributed by atoms with E-state index in [1.807, 2.05) is 0 Å². The van der Waals surface area contributed by atoms with Crippen molar-refractivity contribution >= 4 is 18.3 Å². The third-order valence-electron chi connectivity index (χ3n) is 6.16. The molecule has 0 spiro atoms. The van der Waals surface area contributed by atoms with E-state index in [4.69, 9.17) is 5.73 Å². The minimum absolute atomic E-state index is 0. The first-order valence-electron chi connectivity index (χ1n) is 8.09. The molecule has 0 aliphatic heterocycles. The Balaban J connectivity index is 0.00000147. The van der Waals surface area contributed by atoms with Gasteiger partial charge in [0.05, 0.1) is 0 Å². The number of carbonyl (C=O) groups is 1. The van der Waals surface area contributed by atoms with Gasteiger partial charge in [0.15, 0.2) is 0 Å². The fourth-order valence-electron chi connectivity index (χ4n) is 4.50. The molecule has 1 amide bonds. The summed E-state index contributed by atoms with van der Waals surface area (Å²) >= 11 is 0. The molecule has 3 nitrogen and oxygen atoms in total. The van der Waals surface area contributed by atoms with Crippen LogP contribution in [0.3, 0.4) is 0 Å². The van der Waals surface area contributed by atoms with E-state index in [1.165, 1.54) is 19.3 Å². The van der Waals surface area contributed by atoms with Crippen molar-refractivity contribution in [1.82, 2.24) is 5.32 Å². The number of nitrogens with one attached hydrogen (secondary N) is 1. The summed E-state index contributed by atoms with van der Waals surface area (Å²) in [4.78, 5) is 12.4. The van der Waals surface area contributed by atoms with E-state index in [0.717, 1.165) is 25.7 Å². The second-order valence-electron chi connectivity index (χ2n) is 7.48. The van der Waals surface area contributed by atoms with Crippen molar-refractivity contribution in [3.05, 3.63) is 0 Å². The first kappa shape index (κ1) is 16.1. The SMILES string of the molecule is CCC1(C)CC1C(=O)NC1C2CCCC1CC(N)C2.Cl. The minimum atomic E-state index is 0. The quantitative estimate of drug-likeness (QED) is 0.842. The van der Waals surface area contributed by atoms with Gasteiger partial charge in [-0.2, -0.15) is 0 Å². The third-order valence-corrected chi connectivity index (χ3v) is 6.16. The van der Waals surface area contributed by atoms with Crippen molar-refractivity contribution < 1.29 is 4.79 Å². The lowest BCUT2D eigenvalue weighted by Gasteiger charge is -2.45. The van der Waals surface area contributed by atoms with E-state index in [2.05, 4.69) is 19.2 Å². The molecule has 3 rings (SSSR count). The van der Waals surface area contributed by atoms with Crippen molar-refractivity contribution in [3.63, 3.8) is 0 Å². The van der Waals surface area contributed by atoms with Gasteiger partial charge in [0.2, 0.25) is 5.91 Å². The number of amides is 1. The second-order valence-corrected chi connectivity index (χ2v) is 7.48. The van der Waals surface area contributed by atoms with Crippen LogP contribution in [0.15, 0.2) is 0 Å². The van der Waals surface area contributed by atoms with Crippen molar-refractivity contribution in [1.29, 1.82) is 0 Å². The molecule has 0 saturated heterocycles. The number of carbonyl (C=O) groups excluding carboxylic acids is 1. The van der Waals surface area contributed by atoms with Gasteiger partial charge in [0.1, 0.15) is 0 Å². The first-order valence-corrected chi connectivity index (χ1v) is 8.09. The van der Waals surface area contributed by atoms with E-state index < -0.39 is 0 Å². The fourth-order valence-corrected chi connectivity index (χ4v) is 4.50. The maximum Gasteiger partial charge on any atom is 0.223 e. The molecule has 116 valence electrons. The molecule has 4 heteroatoms. The van der Waals surface area contributed by atoms with Crippen molar-refractivity contribution in [3.8, 4) is 0 Å². The smallest absolute Gasteiger partial charge is 0.223 e. The largest absolute Gasteiger partial charge is 0.353 e. The molecule has 3 fully saturated rings. The summed E-state index contributed by atoms with van der Waals surface area (Å²) in [5, 5.41) is 3.40. The monoisotopic (exact) mass is 300 g/mol. The molecule has 3 aliphatic rings. The highest BCUT2D eigenvalue weighted by Gasteiger charge is 2.54. The standard InChI is InChI=1S/C16H28N2O.ClH/c1-3-16(2)9-13(16)15(19)18-14-10-5-4-6-11(14)8-12(17)7-10;/h10-14H,3-9,17H2,1-2H3,(H,18,19);1H. The zero-order valence-electron chi connectivity index (χ0n) is 12.7. The summed E-state index contributed by atoms with van der Waals surface area (Å²) in [7, 11) is 0. The highest BCUT2D eigenvalue weighted by Crippen LogP contribution is 2.55. The van der Waals surface area contributed by atoms with E-state index >= 15 is 0 Å². The number of rotatable bonds is 3. The van der Waals surface area contributed by atoms with Gasteiger partial charge in [-0.3, -0.25) is 4.79 Å². The molecule has 4 unspecified atom stereocenters. The molecule has 20 heavy (non-hydrogen) atoms. The topological polar surface area (TPSA) is 55.1 Å². The van der Waals surface area contributed by atoms with Crippen molar-refractivity contribution in [2.24, 2.45) is 28.9 Å². The van der Waals surface area contributed by atoms with Crippen LogP contribution < -0.4 is 11.1 Å². The van der Waals surface area contributed by atoms with E-state index in [9.17, 15) is 4.79 Å². The lowest BCUT2D eigenvalue weighted by molar-refractivity contribution is -0.125. The molecule has 0 aromatic carbocycles. The molecular weight excluding hydrogens is 272 g/mol. The Morgan fingerprint density at radius 2 is 1.90 bits per heavy atom. The molecule has 3 aliphatic carbocycles. The van der Waals surface area contributed by atoms with Crippen LogP contribution in [0.4, 0.5) is 0 Å². The van der Waals surface area contributed by atoms with Gasteiger partial charge < -0.3 is 11.1 Å². The average Bonchev–Trinajstić information content (AvgIpc) is 3.04. The Morgan fingerprint density at radius 3 is 2.40 bits per heavy atom. The Kier molecular flexibility index (Phi) is 4.70. The molecule has 0 heterocycles. The summed E-state index contributed by atoms with van der Waals surface area (Å²) < 4.78 is 0. The molecule has 0 aromatic heterocycles. The number of nitrogens with two attached hydrogens (primary N) is 1. The lowest BCUT2D eigenvalue weighted by atomic mass is 9.67. The van der Waals surface area contributed by atoms with Gasteiger partial charge in [-0.05, 0) is 55.8 Å². The van der Waals surface area contributed by atoms with Gasteiger partial charge in [-0.25, -0.2) is 0 Å². The van der Waals surface area contributed by atoms with Gasteiger partial charge in [-0.15, -0.1) is 12.4 Å². The van der Waals surface area contributed by atoms with Crippen LogP contribution in [0.25, 0.3) is 0 Å². The Hall–Kier alpha value is -0.280. The van der Waals surface area contributed by atoms with Crippen molar-refractivity contribution in [2.75, 3.05) is 0 Å². The molecule has 4 atom stereocenters. The molecule has 2 bridgehead atoms. The number of hydrogen-bond donors (Lipinski definition) is 2. The minimum Gasteiger partial charge on any atom is -0.353 e. The molecule has 0 radical (unpaired) electrons. The molecule has 3 N–H and O–H groups in total.